The number of carbonyl (C=O) groups excluding carboxylic acids is 1. The summed E-state index contributed by atoms with van der Waals surface area (Å²) < 4.78 is 5.09. The van der Waals surface area contributed by atoms with Gasteiger partial charge in [-0.3, -0.25) is 4.79 Å². The van der Waals surface area contributed by atoms with E-state index >= 15 is 0 Å². The van der Waals surface area contributed by atoms with Crippen LogP contribution in [0.3, 0.4) is 0 Å². The Morgan fingerprint density at radius 2 is 1.75 bits per heavy atom. The molecule has 1 amide bonds. The molecule has 0 saturated carbocycles. The SMILES string of the molecule is CCN(CCN(C)C)c1ccc(NC(=O)c2ccc(OC)cc2)cc1C(=O)O. The van der Waals surface area contributed by atoms with Crippen molar-refractivity contribution in [3.8, 4) is 5.75 Å². The first-order chi connectivity index (χ1) is 13.3. The van der Waals surface area contributed by atoms with Crippen LogP contribution >= 0.6 is 0 Å². The number of ether oxygens (including phenoxy) is 1. The third kappa shape index (κ3) is 5.47. The molecule has 0 fully saturated rings. The van der Waals surface area contributed by atoms with Gasteiger partial charge in [0, 0.05) is 30.9 Å². The van der Waals surface area contributed by atoms with Crippen LogP contribution in [0.15, 0.2) is 42.5 Å². The van der Waals surface area contributed by atoms with E-state index in [9.17, 15) is 14.7 Å². The van der Waals surface area contributed by atoms with Crippen LogP contribution in [-0.2, 0) is 0 Å². The van der Waals surface area contributed by atoms with Crippen molar-refractivity contribution in [3.05, 3.63) is 53.6 Å². The molecule has 0 radical (unpaired) electrons. The molecule has 7 heteroatoms. The maximum Gasteiger partial charge on any atom is 0.337 e. The first-order valence-electron chi connectivity index (χ1n) is 9.08. The summed E-state index contributed by atoms with van der Waals surface area (Å²) in [6, 6.07) is 11.7. The van der Waals surface area contributed by atoms with Crippen molar-refractivity contribution >= 4 is 23.3 Å². The topological polar surface area (TPSA) is 82.1 Å². The number of anilines is 2. The maximum atomic E-state index is 12.4. The molecule has 150 valence electrons. The number of amides is 1. The predicted octanol–water partition coefficient (Wildman–Crippen LogP) is 3.03. The number of benzene rings is 2. The number of aromatic carboxylic acids is 1. The van der Waals surface area contributed by atoms with Crippen LogP contribution in [0.1, 0.15) is 27.6 Å². The quantitative estimate of drug-likeness (QED) is 0.690. The zero-order valence-corrected chi connectivity index (χ0v) is 16.7. The predicted molar refractivity (Wildman–Crippen MR) is 111 cm³/mol. The molecule has 0 aromatic heterocycles. The van der Waals surface area contributed by atoms with Crippen LogP contribution in [0.5, 0.6) is 5.75 Å². The van der Waals surface area contributed by atoms with Gasteiger partial charge in [0.2, 0.25) is 0 Å². The molecule has 0 atom stereocenters. The monoisotopic (exact) mass is 385 g/mol. The van der Waals surface area contributed by atoms with Gasteiger partial charge in [0.05, 0.1) is 18.4 Å². The molecule has 2 aromatic carbocycles. The molecular weight excluding hydrogens is 358 g/mol. The Kier molecular flexibility index (Phi) is 7.40. The average molecular weight is 385 g/mol. The molecular formula is C21H27N3O4. The Bertz CT molecular complexity index is 819. The van der Waals surface area contributed by atoms with Gasteiger partial charge in [-0.1, -0.05) is 0 Å². The molecule has 0 unspecified atom stereocenters. The summed E-state index contributed by atoms with van der Waals surface area (Å²) in [6.45, 7) is 4.19. The molecule has 0 heterocycles. The number of rotatable bonds is 9. The third-order valence-electron chi connectivity index (χ3n) is 4.38. The van der Waals surface area contributed by atoms with E-state index < -0.39 is 5.97 Å². The summed E-state index contributed by atoms with van der Waals surface area (Å²) >= 11 is 0. The molecule has 0 spiro atoms. The highest BCUT2D eigenvalue weighted by Gasteiger charge is 2.17. The summed E-state index contributed by atoms with van der Waals surface area (Å²) in [5.41, 5.74) is 1.70. The lowest BCUT2D eigenvalue weighted by Crippen LogP contribution is -2.32. The maximum absolute atomic E-state index is 12.4. The van der Waals surface area contributed by atoms with Crippen LogP contribution in [0, 0.1) is 0 Å². The number of carboxylic acids is 1. The minimum absolute atomic E-state index is 0.160. The highest BCUT2D eigenvalue weighted by atomic mass is 16.5. The highest BCUT2D eigenvalue weighted by molar-refractivity contribution is 6.05. The van der Waals surface area contributed by atoms with Gasteiger partial charge in [-0.25, -0.2) is 4.79 Å². The van der Waals surface area contributed by atoms with Crippen molar-refractivity contribution in [1.29, 1.82) is 0 Å². The fourth-order valence-corrected chi connectivity index (χ4v) is 2.78. The molecule has 0 bridgehead atoms. The average Bonchev–Trinajstić information content (AvgIpc) is 2.68. The number of nitrogens with zero attached hydrogens (tertiary/aromatic N) is 2. The van der Waals surface area contributed by atoms with E-state index in [1.165, 1.54) is 6.07 Å². The fourth-order valence-electron chi connectivity index (χ4n) is 2.78. The summed E-state index contributed by atoms with van der Waals surface area (Å²) in [5, 5.41) is 12.4. The molecule has 2 aromatic rings. The largest absolute Gasteiger partial charge is 0.497 e. The first kappa shape index (κ1) is 21.2. The fraction of sp³-hybridized carbons (Fsp3) is 0.333. The second-order valence-electron chi connectivity index (χ2n) is 6.60. The van der Waals surface area contributed by atoms with Crippen LogP contribution in [-0.4, -0.2) is 62.7 Å². The van der Waals surface area contributed by atoms with E-state index in [1.807, 2.05) is 30.8 Å². The van der Waals surface area contributed by atoms with E-state index in [2.05, 4.69) is 5.32 Å². The van der Waals surface area contributed by atoms with Gasteiger partial charge in [-0.05, 0) is 63.5 Å². The lowest BCUT2D eigenvalue weighted by molar-refractivity contribution is 0.0697. The molecule has 0 aliphatic heterocycles. The van der Waals surface area contributed by atoms with Crippen molar-refractivity contribution in [2.75, 3.05) is 51.1 Å². The van der Waals surface area contributed by atoms with Gasteiger partial charge < -0.3 is 25.0 Å². The van der Waals surface area contributed by atoms with E-state index in [-0.39, 0.29) is 11.5 Å². The lowest BCUT2D eigenvalue weighted by atomic mass is 10.1. The van der Waals surface area contributed by atoms with E-state index in [1.54, 1.807) is 43.5 Å². The minimum atomic E-state index is -1.03. The molecule has 28 heavy (non-hydrogen) atoms. The number of carboxylic acid groups (broad SMARTS) is 1. The number of hydrogen-bond acceptors (Lipinski definition) is 5. The summed E-state index contributed by atoms with van der Waals surface area (Å²) in [5.74, 6) is -0.683. The van der Waals surface area contributed by atoms with Crippen molar-refractivity contribution in [2.24, 2.45) is 0 Å². The normalized spacial score (nSPS) is 10.6. The Hall–Kier alpha value is -3.06. The van der Waals surface area contributed by atoms with Crippen molar-refractivity contribution in [2.45, 2.75) is 6.92 Å². The van der Waals surface area contributed by atoms with Gasteiger partial charge in [0.15, 0.2) is 0 Å². The molecule has 7 nitrogen and oxygen atoms in total. The van der Waals surface area contributed by atoms with Crippen molar-refractivity contribution in [3.63, 3.8) is 0 Å². The Labute approximate surface area is 165 Å². The van der Waals surface area contributed by atoms with Crippen LogP contribution < -0.4 is 15.0 Å². The second kappa shape index (κ2) is 9.75. The summed E-state index contributed by atoms with van der Waals surface area (Å²) in [6.07, 6.45) is 0. The van der Waals surface area contributed by atoms with Gasteiger partial charge in [0.1, 0.15) is 5.75 Å². The molecule has 2 N–H and O–H groups in total. The van der Waals surface area contributed by atoms with Gasteiger partial charge in [-0.15, -0.1) is 0 Å². The second-order valence-corrected chi connectivity index (χ2v) is 6.60. The highest BCUT2D eigenvalue weighted by Crippen LogP contribution is 2.25. The number of likely N-dealkylation sites (N-methyl/N-ethyl adjacent to an activating group) is 2. The number of nitrogens with one attached hydrogen (secondary N) is 1. The Morgan fingerprint density at radius 3 is 2.29 bits per heavy atom. The molecule has 0 aliphatic rings. The molecule has 2 rings (SSSR count). The van der Waals surface area contributed by atoms with Gasteiger partial charge in [0.25, 0.3) is 5.91 Å². The summed E-state index contributed by atoms with van der Waals surface area (Å²) in [7, 11) is 5.51. The Balaban J connectivity index is 2.23. The van der Waals surface area contributed by atoms with Crippen LogP contribution in [0.2, 0.25) is 0 Å². The first-order valence-corrected chi connectivity index (χ1v) is 9.08. The van der Waals surface area contributed by atoms with E-state index in [0.29, 0.717) is 35.8 Å². The minimum Gasteiger partial charge on any atom is -0.497 e. The Morgan fingerprint density at radius 1 is 1.07 bits per heavy atom. The van der Waals surface area contributed by atoms with Crippen molar-refractivity contribution < 1.29 is 19.4 Å². The molecule has 0 aliphatic carbocycles. The van der Waals surface area contributed by atoms with Crippen LogP contribution in [0.4, 0.5) is 11.4 Å². The zero-order valence-electron chi connectivity index (χ0n) is 16.7. The molecule has 0 saturated heterocycles. The van der Waals surface area contributed by atoms with Crippen LogP contribution in [0.25, 0.3) is 0 Å². The van der Waals surface area contributed by atoms with E-state index in [0.717, 1.165) is 6.54 Å². The lowest BCUT2D eigenvalue weighted by Gasteiger charge is -2.26. The number of carbonyl (C=O) groups is 2. The standard InChI is InChI=1S/C21H27N3O4/c1-5-24(13-12-23(2)3)19-11-8-16(14-18(19)21(26)27)22-20(25)15-6-9-17(28-4)10-7-15/h6-11,14H,5,12-13H2,1-4H3,(H,22,25)(H,26,27). The van der Waals surface area contributed by atoms with Gasteiger partial charge in [-0.2, -0.15) is 0 Å². The number of methoxy groups -OCH3 is 1. The van der Waals surface area contributed by atoms with Gasteiger partial charge >= 0.3 is 5.97 Å². The third-order valence-corrected chi connectivity index (χ3v) is 4.38. The zero-order chi connectivity index (χ0) is 20.7. The summed E-state index contributed by atoms with van der Waals surface area (Å²) in [4.78, 5) is 28.3. The van der Waals surface area contributed by atoms with E-state index in [4.69, 9.17) is 4.74 Å². The number of hydrogen-bond donors (Lipinski definition) is 2. The smallest absolute Gasteiger partial charge is 0.337 e. The van der Waals surface area contributed by atoms with Crippen molar-refractivity contribution in [1.82, 2.24) is 4.90 Å².